The van der Waals surface area contributed by atoms with E-state index in [9.17, 15) is 4.79 Å². The maximum Gasteiger partial charge on any atom is 0.229 e. The molecule has 4 rings (SSSR count). The van der Waals surface area contributed by atoms with Crippen LogP contribution < -0.4 is 0 Å². The van der Waals surface area contributed by atoms with Gasteiger partial charge in [-0.2, -0.15) is 9.78 Å². The summed E-state index contributed by atoms with van der Waals surface area (Å²) in [4.78, 5) is 17.3. The summed E-state index contributed by atoms with van der Waals surface area (Å²) >= 11 is 0. The first-order valence-electron chi connectivity index (χ1n) is 8.11. The molecule has 0 fully saturated rings. The standard InChI is InChI=1S/C20H17N3O2/c1-13-17(24)19-21-14(2)22-23(19)20(16-11-7-4-8-12-16)25-18(13)15-9-5-3-6-10-15/h3-12,20H,1-2H3. The number of rotatable bonds is 2. The average molecular weight is 331 g/mol. The monoisotopic (exact) mass is 331 g/mol. The van der Waals surface area contributed by atoms with E-state index in [1.54, 1.807) is 18.5 Å². The van der Waals surface area contributed by atoms with Crippen LogP contribution in [0.3, 0.4) is 0 Å². The molecule has 0 radical (unpaired) electrons. The summed E-state index contributed by atoms with van der Waals surface area (Å²) in [6, 6.07) is 19.4. The Hall–Kier alpha value is -3.21. The van der Waals surface area contributed by atoms with Crippen molar-refractivity contribution in [3.63, 3.8) is 0 Å². The molecule has 1 unspecified atom stereocenters. The Kier molecular flexibility index (Phi) is 3.69. The second-order valence-corrected chi connectivity index (χ2v) is 5.96. The van der Waals surface area contributed by atoms with E-state index in [4.69, 9.17) is 4.74 Å². The van der Waals surface area contributed by atoms with Gasteiger partial charge in [0.1, 0.15) is 11.6 Å². The van der Waals surface area contributed by atoms with Crippen molar-refractivity contribution in [3.8, 4) is 0 Å². The highest BCUT2D eigenvalue weighted by Gasteiger charge is 2.32. The fraction of sp³-hybridized carbons (Fsp3) is 0.150. The van der Waals surface area contributed by atoms with Crippen molar-refractivity contribution in [3.05, 3.63) is 89.0 Å². The molecule has 3 aromatic rings. The van der Waals surface area contributed by atoms with Gasteiger partial charge in [-0.05, 0) is 13.8 Å². The molecule has 0 saturated carbocycles. The van der Waals surface area contributed by atoms with Gasteiger partial charge in [0.15, 0.2) is 0 Å². The van der Waals surface area contributed by atoms with Crippen LogP contribution in [0.4, 0.5) is 0 Å². The molecule has 1 aliphatic rings. The number of hydrogen-bond acceptors (Lipinski definition) is 4. The summed E-state index contributed by atoms with van der Waals surface area (Å²) in [5.74, 6) is 1.24. The Morgan fingerprint density at radius 2 is 1.60 bits per heavy atom. The molecule has 0 aliphatic carbocycles. The van der Waals surface area contributed by atoms with Gasteiger partial charge < -0.3 is 4.74 Å². The van der Waals surface area contributed by atoms with Crippen LogP contribution in [-0.2, 0) is 4.74 Å². The first-order valence-corrected chi connectivity index (χ1v) is 8.11. The van der Waals surface area contributed by atoms with Crippen LogP contribution in [0.1, 0.15) is 40.7 Å². The number of ether oxygens (including phenoxy) is 1. The van der Waals surface area contributed by atoms with E-state index in [1.807, 2.05) is 60.7 Å². The highest BCUT2D eigenvalue weighted by Crippen LogP contribution is 2.34. The number of aromatic nitrogens is 3. The zero-order chi connectivity index (χ0) is 17.4. The molecule has 124 valence electrons. The van der Waals surface area contributed by atoms with Crippen LogP contribution in [0.5, 0.6) is 0 Å². The number of carbonyl (C=O) groups is 1. The average Bonchev–Trinajstić information content (AvgIpc) is 3.00. The van der Waals surface area contributed by atoms with Crippen LogP contribution >= 0.6 is 0 Å². The predicted octanol–water partition coefficient (Wildman–Crippen LogP) is 3.78. The van der Waals surface area contributed by atoms with E-state index in [1.165, 1.54) is 0 Å². The lowest BCUT2D eigenvalue weighted by Gasteiger charge is -2.21. The third-order valence-electron chi connectivity index (χ3n) is 4.19. The molecule has 0 bridgehead atoms. The Morgan fingerprint density at radius 1 is 0.960 bits per heavy atom. The lowest BCUT2D eigenvalue weighted by molar-refractivity contribution is 0.100. The van der Waals surface area contributed by atoms with E-state index in [-0.39, 0.29) is 5.78 Å². The van der Waals surface area contributed by atoms with Gasteiger partial charge in [-0.3, -0.25) is 4.79 Å². The zero-order valence-corrected chi connectivity index (χ0v) is 14.0. The molecule has 1 aromatic heterocycles. The van der Waals surface area contributed by atoms with E-state index in [0.717, 1.165) is 11.1 Å². The number of aryl methyl sites for hydroxylation is 1. The molecule has 2 aromatic carbocycles. The highest BCUT2D eigenvalue weighted by molar-refractivity contribution is 6.10. The van der Waals surface area contributed by atoms with Crippen LogP contribution in [0.2, 0.25) is 0 Å². The summed E-state index contributed by atoms with van der Waals surface area (Å²) < 4.78 is 7.90. The van der Waals surface area contributed by atoms with E-state index >= 15 is 0 Å². The first-order chi connectivity index (χ1) is 12.1. The second-order valence-electron chi connectivity index (χ2n) is 5.96. The van der Waals surface area contributed by atoms with Gasteiger partial charge in [0.25, 0.3) is 0 Å². The van der Waals surface area contributed by atoms with Crippen LogP contribution in [0, 0.1) is 6.92 Å². The Balaban J connectivity index is 1.92. The zero-order valence-electron chi connectivity index (χ0n) is 14.0. The number of Topliss-reactive ketones (excluding diaryl/α,β-unsaturated/α-hetero) is 1. The number of ketones is 1. The minimum absolute atomic E-state index is 0.169. The van der Waals surface area contributed by atoms with Crippen LogP contribution in [0.15, 0.2) is 66.2 Å². The predicted molar refractivity (Wildman–Crippen MR) is 93.8 cm³/mol. The Bertz CT molecular complexity index is 959. The molecule has 5 nitrogen and oxygen atoms in total. The number of allylic oxidation sites excluding steroid dienone is 1. The normalized spacial score (nSPS) is 17.0. The lowest BCUT2D eigenvalue weighted by Crippen LogP contribution is -2.17. The van der Waals surface area contributed by atoms with E-state index in [0.29, 0.717) is 23.0 Å². The number of carbonyl (C=O) groups excluding carboxylic acids is 1. The van der Waals surface area contributed by atoms with Crippen molar-refractivity contribution in [1.82, 2.24) is 14.8 Å². The first kappa shape index (κ1) is 15.3. The Morgan fingerprint density at radius 3 is 2.28 bits per heavy atom. The quantitative estimate of drug-likeness (QED) is 0.717. The van der Waals surface area contributed by atoms with Gasteiger partial charge in [-0.25, -0.2) is 4.98 Å². The van der Waals surface area contributed by atoms with Crippen LogP contribution in [-0.4, -0.2) is 20.5 Å². The molecular weight excluding hydrogens is 314 g/mol. The number of fused-ring (bicyclic) bond motifs is 1. The number of hydrogen-bond donors (Lipinski definition) is 0. The fourth-order valence-corrected chi connectivity index (χ4v) is 2.97. The molecule has 1 atom stereocenters. The summed E-state index contributed by atoms with van der Waals surface area (Å²) in [5, 5.41) is 4.42. The van der Waals surface area contributed by atoms with Crippen molar-refractivity contribution < 1.29 is 9.53 Å². The third-order valence-corrected chi connectivity index (χ3v) is 4.19. The fourth-order valence-electron chi connectivity index (χ4n) is 2.97. The smallest absolute Gasteiger partial charge is 0.229 e. The minimum atomic E-state index is -0.547. The summed E-state index contributed by atoms with van der Waals surface area (Å²) in [6.07, 6.45) is -0.547. The molecule has 0 saturated heterocycles. The maximum absolute atomic E-state index is 12.9. The summed E-state index contributed by atoms with van der Waals surface area (Å²) in [6.45, 7) is 3.54. The largest absolute Gasteiger partial charge is 0.463 e. The van der Waals surface area contributed by atoms with Gasteiger partial charge >= 0.3 is 0 Å². The Labute approximate surface area is 145 Å². The lowest BCUT2D eigenvalue weighted by atomic mass is 10.1. The summed E-state index contributed by atoms with van der Waals surface area (Å²) in [7, 11) is 0. The molecule has 2 heterocycles. The van der Waals surface area contributed by atoms with Gasteiger partial charge in [0.05, 0.1) is 0 Å². The molecule has 0 spiro atoms. The van der Waals surface area contributed by atoms with E-state index < -0.39 is 6.23 Å². The maximum atomic E-state index is 12.9. The number of nitrogens with zero attached hydrogens (tertiary/aromatic N) is 3. The van der Waals surface area contributed by atoms with Gasteiger partial charge in [-0.15, -0.1) is 0 Å². The molecule has 25 heavy (non-hydrogen) atoms. The van der Waals surface area contributed by atoms with Crippen molar-refractivity contribution in [2.24, 2.45) is 0 Å². The van der Waals surface area contributed by atoms with Gasteiger partial charge in [0.2, 0.25) is 17.8 Å². The molecular formula is C20H17N3O2. The van der Waals surface area contributed by atoms with E-state index in [2.05, 4.69) is 10.1 Å². The molecule has 0 amide bonds. The molecule has 5 heteroatoms. The number of benzene rings is 2. The summed E-state index contributed by atoms with van der Waals surface area (Å²) in [5.41, 5.74) is 2.29. The minimum Gasteiger partial charge on any atom is -0.463 e. The SMILES string of the molecule is CC1=C(c2ccccc2)OC(c2ccccc2)n2nc(C)nc2C1=O. The van der Waals surface area contributed by atoms with Crippen molar-refractivity contribution in [2.45, 2.75) is 20.1 Å². The second kappa shape index (κ2) is 6.02. The van der Waals surface area contributed by atoms with Crippen LogP contribution in [0.25, 0.3) is 5.76 Å². The van der Waals surface area contributed by atoms with Crippen molar-refractivity contribution >= 4 is 11.5 Å². The van der Waals surface area contributed by atoms with Crippen molar-refractivity contribution in [1.29, 1.82) is 0 Å². The molecule has 1 aliphatic heterocycles. The third kappa shape index (κ3) is 2.63. The van der Waals surface area contributed by atoms with Crippen molar-refractivity contribution in [2.75, 3.05) is 0 Å². The molecule has 0 N–H and O–H groups in total. The highest BCUT2D eigenvalue weighted by atomic mass is 16.5. The topological polar surface area (TPSA) is 57.0 Å². The van der Waals surface area contributed by atoms with Gasteiger partial charge in [0, 0.05) is 16.7 Å². The van der Waals surface area contributed by atoms with Gasteiger partial charge in [-0.1, -0.05) is 60.7 Å².